The van der Waals surface area contributed by atoms with Crippen molar-refractivity contribution < 1.29 is 37.0 Å². The minimum absolute atomic E-state index is 0.0194. The van der Waals surface area contributed by atoms with Gasteiger partial charge in [-0.3, -0.25) is 13.9 Å². The van der Waals surface area contributed by atoms with E-state index in [-0.39, 0.29) is 47.0 Å². The van der Waals surface area contributed by atoms with E-state index in [9.17, 15) is 18.0 Å². The number of sulfonamides is 1. The van der Waals surface area contributed by atoms with Crippen molar-refractivity contribution in [1.82, 2.24) is 10.2 Å². The van der Waals surface area contributed by atoms with Crippen molar-refractivity contribution in [3.8, 4) is 23.0 Å². The first kappa shape index (κ1) is 39.3. The summed E-state index contributed by atoms with van der Waals surface area (Å²) in [6.07, 6.45) is 5.00. The molecule has 1 aliphatic rings. The predicted octanol–water partition coefficient (Wildman–Crippen LogP) is 6.66. The third-order valence-corrected chi connectivity index (χ3v) is 11.3. The van der Waals surface area contributed by atoms with Gasteiger partial charge in [0.1, 0.15) is 24.1 Å². The summed E-state index contributed by atoms with van der Waals surface area (Å²) in [5.41, 5.74) is 1.57. The van der Waals surface area contributed by atoms with Crippen LogP contribution in [0.25, 0.3) is 0 Å². The van der Waals surface area contributed by atoms with Crippen LogP contribution in [0.5, 0.6) is 23.0 Å². The second-order valence-corrected chi connectivity index (χ2v) is 15.1. The van der Waals surface area contributed by atoms with Gasteiger partial charge in [-0.1, -0.05) is 73.3 Å². The maximum absolute atomic E-state index is 15.0. The number of amides is 2. The Morgan fingerprint density at radius 3 is 2.11 bits per heavy atom. The third-order valence-electron chi connectivity index (χ3n) is 9.34. The molecule has 1 aliphatic carbocycles. The maximum Gasteiger partial charge on any atom is 0.265 e. The van der Waals surface area contributed by atoms with Gasteiger partial charge in [0.05, 0.1) is 39.0 Å². The van der Waals surface area contributed by atoms with Crippen LogP contribution in [-0.2, 0) is 32.6 Å². The molecule has 0 unspecified atom stereocenters. The van der Waals surface area contributed by atoms with Crippen molar-refractivity contribution in [1.29, 1.82) is 0 Å². The number of hydrogen-bond donors (Lipinski definition) is 1. The smallest absolute Gasteiger partial charge is 0.265 e. The zero-order valence-corrected chi connectivity index (χ0v) is 32.0. The van der Waals surface area contributed by atoms with E-state index in [0.29, 0.717) is 22.1 Å². The van der Waals surface area contributed by atoms with Crippen molar-refractivity contribution in [2.75, 3.05) is 39.3 Å². The standard InChI is InChI=1S/C40H46ClN3O8S/c1-49-32-18-20-36(50-2)34(24-32)44(53(47,48)33-19-21-37(51-3)38(25-33)52-4)27-39(45)43(26-29-14-11-15-30(41)22-29)35(23-28-12-7-5-8-13-28)40(46)42-31-16-9-6-10-17-31/h5,7-8,11-15,18-22,24-25,31,35H,6,9-10,16-17,23,26-27H2,1-4H3,(H,42,46)/t35-/m0/s1. The highest BCUT2D eigenvalue weighted by atomic mass is 35.5. The van der Waals surface area contributed by atoms with Gasteiger partial charge >= 0.3 is 0 Å². The van der Waals surface area contributed by atoms with E-state index in [2.05, 4.69) is 5.32 Å². The number of nitrogens with zero attached hydrogens (tertiary/aromatic N) is 2. The minimum Gasteiger partial charge on any atom is -0.497 e. The highest BCUT2D eigenvalue weighted by molar-refractivity contribution is 7.92. The Morgan fingerprint density at radius 2 is 1.45 bits per heavy atom. The zero-order chi connectivity index (χ0) is 38.0. The molecule has 282 valence electrons. The Bertz CT molecular complexity index is 1970. The van der Waals surface area contributed by atoms with Crippen LogP contribution in [0.4, 0.5) is 5.69 Å². The molecule has 2 amide bonds. The summed E-state index contributed by atoms with van der Waals surface area (Å²) in [6.45, 7) is -0.711. The molecule has 13 heteroatoms. The molecule has 0 saturated heterocycles. The van der Waals surface area contributed by atoms with Gasteiger partial charge in [-0.25, -0.2) is 8.42 Å². The number of carbonyl (C=O) groups is 2. The van der Waals surface area contributed by atoms with E-state index in [1.165, 1.54) is 57.6 Å². The molecule has 4 aromatic rings. The second-order valence-electron chi connectivity index (χ2n) is 12.8. The summed E-state index contributed by atoms with van der Waals surface area (Å²) in [4.78, 5) is 30.7. The van der Waals surface area contributed by atoms with Crippen LogP contribution in [0.3, 0.4) is 0 Å². The van der Waals surface area contributed by atoms with Crippen molar-refractivity contribution in [2.45, 2.75) is 62.0 Å². The molecule has 0 heterocycles. The molecule has 53 heavy (non-hydrogen) atoms. The van der Waals surface area contributed by atoms with Gasteiger partial charge in [-0.2, -0.15) is 0 Å². The number of anilines is 1. The van der Waals surface area contributed by atoms with Gasteiger partial charge < -0.3 is 29.2 Å². The third kappa shape index (κ3) is 9.74. The monoisotopic (exact) mass is 763 g/mol. The van der Waals surface area contributed by atoms with Crippen LogP contribution in [0, 0.1) is 0 Å². The second kappa shape index (κ2) is 18.2. The average molecular weight is 764 g/mol. The van der Waals surface area contributed by atoms with Crippen LogP contribution >= 0.6 is 11.6 Å². The molecule has 0 aromatic heterocycles. The number of halogens is 1. The van der Waals surface area contributed by atoms with Crippen molar-refractivity contribution in [2.24, 2.45) is 0 Å². The summed E-state index contributed by atoms with van der Waals surface area (Å²) in [7, 11) is 1.20. The molecule has 11 nitrogen and oxygen atoms in total. The van der Waals surface area contributed by atoms with Crippen molar-refractivity contribution in [3.63, 3.8) is 0 Å². The van der Waals surface area contributed by atoms with Crippen LogP contribution in [0.2, 0.25) is 5.02 Å². The largest absolute Gasteiger partial charge is 0.497 e. The molecule has 1 saturated carbocycles. The fourth-order valence-corrected chi connectivity index (χ4v) is 8.18. The summed E-state index contributed by atoms with van der Waals surface area (Å²) in [5, 5.41) is 3.67. The highest BCUT2D eigenvalue weighted by Gasteiger charge is 2.37. The number of nitrogens with one attached hydrogen (secondary N) is 1. The van der Waals surface area contributed by atoms with Gasteiger partial charge in [0.15, 0.2) is 11.5 Å². The lowest BCUT2D eigenvalue weighted by atomic mass is 9.94. The van der Waals surface area contributed by atoms with E-state index in [1.807, 2.05) is 36.4 Å². The molecule has 1 fully saturated rings. The van der Waals surface area contributed by atoms with Gasteiger partial charge in [0.2, 0.25) is 11.8 Å². The van der Waals surface area contributed by atoms with Gasteiger partial charge in [-0.15, -0.1) is 0 Å². The quantitative estimate of drug-likeness (QED) is 0.135. The summed E-state index contributed by atoms with van der Waals surface area (Å²) in [6, 6.07) is 24.3. The Morgan fingerprint density at radius 1 is 0.774 bits per heavy atom. The van der Waals surface area contributed by atoms with Crippen molar-refractivity contribution in [3.05, 3.63) is 107 Å². The minimum atomic E-state index is -4.51. The number of benzene rings is 4. The van der Waals surface area contributed by atoms with Gasteiger partial charge in [-0.05, 0) is 60.4 Å². The predicted molar refractivity (Wildman–Crippen MR) is 205 cm³/mol. The first-order valence-corrected chi connectivity index (χ1v) is 19.2. The highest BCUT2D eigenvalue weighted by Crippen LogP contribution is 2.38. The van der Waals surface area contributed by atoms with E-state index in [4.69, 9.17) is 30.5 Å². The molecule has 0 spiro atoms. The Labute approximate surface area is 316 Å². The van der Waals surface area contributed by atoms with E-state index < -0.39 is 28.5 Å². The molecule has 5 rings (SSSR count). The number of ether oxygens (including phenoxy) is 4. The van der Waals surface area contributed by atoms with Crippen LogP contribution in [-0.4, -0.2) is 72.2 Å². The average Bonchev–Trinajstić information content (AvgIpc) is 3.18. The fourth-order valence-electron chi connectivity index (χ4n) is 6.54. The van der Waals surface area contributed by atoms with Crippen LogP contribution in [0.1, 0.15) is 43.2 Å². The molecule has 0 radical (unpaired) electrons. The SMILES string of the molecule is COc1ccc(OC)c(N(CC(=O)N(Cc2cccc(Cl)c2)[C@@H](Cc2ccccc2)C(=O)NC2CCCCC2)S(=O)(=O)c2ccc(OC)c(OC)c2)c1. The molecule has 4 aromatic carbocycles. The Balaban J connectivity index is 1.64. The van der Waals surface area contributed by atoms with E-state index >= 15 is 0 Å². The Kier molecular flexibility index (Phi) is 13.5. The van der Waals surface area contributed by atoms with Crippen LogP contribution in [0.15, 0.2) is 95.9 Å². The topological polar surface area (TPSA) is 124 Å². The van der Waals surface area contributed by atoms with Gasteiger partial charge in [0, 0.05) is 36.2 Å². The van der Waals surface area contributed by atoms with Gasteiger partial charge in [0.25, 0.3) is 10.0 Å². The number of rotatable bonds is 16. The molecule has 1 atom stereocenters. The Hall–Kier alpha value is -4.94. The fraction of sp³-hybridized carbons (Fsp3) is 0.350. The first-order valence-electron chi connectivity index (χ1n) is 17.4. The number of hydrogen-bond acceptors (Lipinski definition) is 8. The number of methoxy groups -OCH3 is 4. The van der Waals surface area contributed by atoms with E-state index in [0.717, 1.165) is 42.0 Å². The van der Waals surface area contributed by atoms with Crippen LogP contribution < -0.4 is 28.6 Å². The summed E-state index contributed by atoms with van der Waals surface area (Å²) >= 11 is 6.39. The maximum atomic E-state index is 15.0. The molecule has 0 bridgehead atoms. The summed E-state index contributed by atoms with van der Waals surface area (Å²) < 4.78 is 52.4. The van der Waals surface area contributed by atoms with E-state index in [1.54, 1.807) is 30.3 Å². The number of carbonyl (C=O) groups excluding carboxylic acids is 2. The normalized spacial score (nSPS) is 13.8. The first-order chi connectivity index (χ1) is 25.6. The van der Waals surface area contributed by atoms with Crippen molar-refractivity contribution >= 4 is 39.1 Å². The molecule has 1 N–H and O–H groups in total. The zero-order valence-electron chi connectivity index (χ0n) is 30.4. The molecule has 0 aliphatic heterocycles. The summed E-state index contributed by atoms with van der Waals surface area (Å²) in [5.74, 6) is 0.0871. The lowest BCUT2D eigenvalue weighted by molar-refractivity contribution is -0.140. The molecular weight excluding hydrogens is 718 g/mol. The lowest BCUT2D eigenvalue weighted by Crippen LogP contribution is -2.55. The molecular formula is C40H46ClN3O8S. The lowest BCUT2D eigenvalue weighted by Gasteiger charge is -2.35.